The molecule has 1 aromatic carbocycles. The van der Waals surface area contributed by atoms with Crippen molar-refractivity contribution in [2.75, 3.05) is 12.8 Å². The average Bonchev–Trinajstić information content (AvgIpc) is 2.77. The molecule has 0 bridgehead atoms. The summed E-state index contributed by atoms with van der Waals surface area (Å²) in [6.45, 7) is 0. The highest BCUT2D eigenvalue weighted by Crippen LogP contribution is 2.29. The van der Waals surface area contributed by atoms with Crippen molar-refractivity contribution in [3.05, 3.63) is 35.3 Å². The zero-order valence-electron chi connectivity index (χ0n) is 10.8. The molecule has 0 aliphatic heterocycles. The fraction of sp³-hybridized carbons (Fsp3) is 0.357. The molecule has 0 saturated carbocycles. The number of nitrogen functional groups attached to an aromatic ring is 1. The minimum atomic E-state index is -0.375. The quantitative estimate of drug-likeness (QED) is 0.903. The second-order valence-corrected chi connectivity index (χ2v) is 4.75. The lowest BCUT2D eigenvalue weighted by Crippen LogP contribution is -2.08. The number of hydrogen-bond donors (Lipinski definition) is 1. The third-order valence-electron chi connectivity index (χ3n) is 3.59. The highest BCUT2D eigenvalue weighted by atomic mass is 19.1. The van der Waals surface area contributed by atoms with Crippen molar-refractivity contribution >= 4 is 5.82 Å². The van der Waals surface area contributed by atoms with Crippen LogP contribution in [0.1, 0.15) is 24.1 Å². The molecular weight excluding hydrogens is 245 g/mol. The van der Waals surface area contributed by atoms with Crippen LogP contribution in [0.3, 0.4) is 0 Å². The maximum atomic E-state index is 13.5. The van der Waals surface area contributed by atoms with E-state index >= 15 is 0 Å². The normalized spacial score (nSPS) is 14.2. The minimum Gasteiger partial charge on any atom is -0.494 e. The van der Waals surface area contributed by atoms with Crippen molar-refractivity contribution in [1.82, 2.24) is 9.78 Å². The van der Waals surface area contributed by atoms with Gasteiger partial charge in [0.25, 0.3) is 0 Å². The van der Waals surface area contributed by atoms with Crippen molar-refractivity contribution in [2.45, 2.75) is 25.7 Å². The Bertz CT molecular complexity index is 621. The summed E-state index contributed by atoms with van der Waals surface area (Å²) in [5.41, 5.74) is 9.02. The first-order valence-corrected chi connectivity index (χ1v) is 6.41. The molecule has 100 valence electrons. The van der Waals surface area contributed by atoms with Gasteiger partial charge in [-0.25, -0.2) is 9.07 Å². The first-order valence-electron chi connectivity index (χ1n) is 6.41. The highest BCUT2D eigenvalue weighted by molar-refractivity contribution is 5.49. The Kier molecular flexibility index (Phi) is 2.89. The molecule has 0 atom stereocenters. The van der Waals surface area contributed by atoms with Crippen molar-refractivity contribution in [1.29, 1.82) is 0 Å². The summed E-state index contributed by atoms with van der Waals surface area (Å²) >= 11 is 0. The second kappa shape index (κ2) is 4.57. The molecule has 2 aromatic rings. The van der Waals surface area contributed by atoms with Gasteiger partial charge in [0.15, 0.2) is 11.6 Å². The number of rotatable bonds is 2. The van der Waals surface area contributed by atoms with Gasteiger partial charge in [-0.2, -0.15) is 5.10 Å². The summed E-state index contributed by atoms with van der Waals surface area (Å²) < 4.78 is 20.3. The van der Waals surface area contributed by atoms with E-state index in [1.54, 1.807) is 12.1 Å². The molecule has 1 aliphatic carbocycles. The number of benzene rings is 1. The number of nitrogens with zero attached hydrogens (tertiary/aromatic N) is 2. The first-order chi connectivity index (χ1) is 9.20. The Morgan fingerprint density at radius 1 is 1.32 bits per heavy atom. The zero-order valence-corrected chi connectivity index (χ0v) is 10.8. The Morgan fingerprint density at radius 2 is 2.11 bits per heavy atom. The standard InChI is InChI=1S/C14H16FN3O/c1-19-13-8-9(6-7-11(13)15)18-12-5-3-2-4-10(12)14(16)17-18/h6-8H,2-5H2,1H3,(H2,16,17). The van der Waals surface area contributed by atoms with E-state index in [0.29, 0.717) is 5.82 Å². The number of fused-ring (bicyclic) bond motifs is 1. The summed E-state index contributed by atoms with van der Waals surface area (Å²) in [6, 6.07) is 4.73. The van der Waals surface area contributed by atoms with Gasteiger partial charge in [0, 0.05) is 17.3 Å². The van der Waals surface area contributed by atoms with E-state index < -0.39 is 0 Å². The van der Waals surface area contributed by atoms with Crippen LogP contribution in [0.4, 0.5) is 10.2 Å². The molecule has 1 heterocycles. The molecule has 0 unspecified atom stereocenters. The number of aromatic nitrogens is 2. The molecule has 4 nitrogen and oxygen atoms in total. The summed E-state index contributed by atoms with van der Waals surface area (Å²) in [6.07, 6.45) is 4.21. The van der Waals surface area contributed by atoms with Crippen LogP contribution >= 0.6 is 0 Å². The monoisotopic (exact) mass is 261 g/mol. The van der Waals surface area contributed by atoms with Crippen molar-refractivity contribution in [3.8, 4) is 11.4 Å². The van der Waals surface area contributed by atoms with E-state index in [2.05, 4.69) is 5.10 Å². The summed E-state index contributed by atoms with van der Waals surface area (Å²) in [5.74, 6) is 0.425. The Labute approximate surface area is 111 Å². The van der Waals surface area contributed by atoms with Gasteiger partial charge in [0.1, 0.15) is 5.82 Å². The lowest BCUT2D eigenvalue weighted by atomic mass is 9.97. The van der Waals surface area contributed by atoms with Gasteiger partial charge in [-0.1, -0.05) is 0 Å². The largest absolute Gasteiger partial charge is 0.494 e. The lowest BCUT2D eigenvalue weighted by Gasteiger charge is -2.14. The van der Waals surface area contributed by atoms with E-state index in [4.69, 9.17) is 10.5 Å². The van der Waals surface area contributed by atoms with E-state index in [9.17, 15) is 4.39 Å². The van der Waals surface area contributed by atoms with Crippen LogP contribution in [0.5, 0.6) is 5.75 Å². The molecular formula is C14H16FN3O. The molecule has 1 aliphatic rings. The Hall–Kier alpha value is -2.04. The predicted octanol–water partition coefficient (Wildman–Crippen LogP) is 2.48. The number of hydrogen-bond acceptors (Lipinski definition) is 3. The second-order valence-electron chi connectivity index (χ2n) is 4.75. The van der Waals surface area contributed by atoms with Crippen molar-refractivity contribution in [2.24, 2.45) is 0 Å². The summed E-state index contributed by atoms with van der Waals surface area (Å²) in [4.78, 5) is 0. The van der Waals surface area contributed by atoms with Gasteiger partial charge in [-0.15, -0.1) is 0 Å². The van der Waals surface area contributed by atoms with Crippen molar-refractivity contribution in [3.63, 3.8) is 0 Å². The molecule has 0 amide bonds. The fourth-order valence-corrected chi connectivity index (χ4v) is 2.62. The van der Waals surface area contributed by atoms with Gasteiger partial charge in [0.05, 0.1) is 12.8 Å². The highest BCUT2D eigenvalue weighted by Gasteiger charge is 2.20. The van der Waals surface area contributed by atoms with Crippen LogP contribution in [-0.4, -0.2) is 16.9 Å². The molecule has 0 spiro atoms. The number of nitrogens with two attached hydrogens (primary N) is 1. The molecule has 0 radical (unpaired) electrons. The van der Waals surface area contributed by atoms with Crippen LogP contribution in [0.25, 0.3) is 5.69 Å². The maximum Gasteiger partial charge on any atom is 0.165 e. The Balaban J connectivity index is 2.12. The number of methoxy groups -OCH3 is 1. The lowest BCUT2D eigenvalue weighted by molar-refractivity contribution is 0.386. The van der Waals surface area contributed by atoms with E-state index in [0.717, 1.165) is 42.6 Å². The van der Waals surface area contributed by atoms with E-state index in [1.165, 1.54) is 13.2 Å². The van der Waals surface area contributed by atoms with Crippen LogP contribution < -0.4 is 10.5 Å². The summed E-state index contributed by atoms with van der Waals surface area (Å²) in [7, 11) is 1.45. The predicted molar refractivity (Wildman–Crippen MR) is 71.1 cm³/mol. The molecule has 19 heavy (non-hydrogen) atoms. The van der Waals surface area contributed by atoms with Crippen LogP contribution in [0, 0.1) is 5.82 Å². The average molecular weight is 261 g/mol. The minimum absolute atomic E-state index is 0.219. The van der Waals surface area contributed by atoms with E-state index in [-0.39, 0.29) is 11.6 Å². The van der Waals surface area contributed by atoms with Crippen LogP contribution in [0.2, 0.25) is 0 Å². The molecule has 0 saturated heterocycles. The molecule has 3 rings (SSSR count). The van der Waals surface area contributed by atoms with Gasteiger partial charge >= 0.3 is 0 Å². The molecule has 2 N–H and O–H groups in total. The van der Waals surface area contributed by atoms with Crippen molar-refractivity contribution < 1.29 is 9.13 Å². The SMILES string of the molecule is COc1cc(-n2nc(N)c3c2CCCC3)ccc1F. The van der Waals surface area contributed by atoms with Gasteiger partial charge in [0.2, 0.25) is 0 Å². The van der Waals surface area contributed by atoms with Crippen LogP contribution in [-0.2, 0) is 12.8 Å². The molecule has 5 heteroatoms. The molecule has 0 fully saturated rings. The zero-order chi connectivity index (χ0) is 13.4. The van der Waals surface area contributed by atoms with E-state index in [1.807, 2.05) is 4.68 Å². The van der Waals surface area contributed by atoms with Crippen LogP contribution in [0.15, 0.2) is 18.2 Å². The number of anilines is 1. The summed E-state index contributed by atoms with van der Waals surface area (Å²) in [5, 5.41) is 4.38. The maximum absolute atomic E-state index is 13.5. The topological polar surface area (TPSA) is 53.1 Å². The first kappa shape index (κ1) is 12.0. The third-order valence-corrected chi connectivity index (χ3v) is 3.59. The number of halogens is 1. The number of ether oxygens (including phenoxy) is 1. The van der Waals surface area contributed by atoms with Gasteiger partial charge in [-0.3, -0.25) is 0 Å². The third kappa shape index (κ3) is 1.95. The molecule has 1 aromatic heterocycles. The smallest absolute Gasteiger partial charge is 0.165 e. The van der Waals surface area contributed by atoms with Gasteiger partial charge in [-0.05, 0) is 37.8 Å². The van der Waals surface area contributed by atoms with Gasteiger partial charge < -0.3 is 10.5 Å². The fourth-order valence-electron chi connectivity index (χ4n) is 2.62. The Morgan fingerprint density at radius 3 is 2.89 bits per heavy atom.